The summed E-state index contributed by atoms with van der Waals surface area (Å²) in [6.45, 7) is 0. The minimum atomic E-state index is -0.309. The first-order valence-corrected chi connectivity index (χ1v) is 6.68. The second-order valence-electron chi connectivity index (χ2n) is 4.43. The van der Waals surface area contributed by atoms with Crippen LogP contribution >= 0.6 is 11.3 Å². The molecule has 4 heteroatoms. The zero-order valence-electron chi connectivity index (χ0n) is 10.0. The van der Waals surface area contributed by atoms with E-state index >= 15 is 0 Å². The van der Waals surface area contributed by atoms with Crippen molar-refractivity contribution in [1.82, 2.24) is 4.98 Å². The van der Waals surface area contributed by atoms with Crippen molar-refractivity contribution in [2.24, 2.45) is 0 Å². The average molecular weight is 256 g/mol. The van der Waals surface area contributed by atoms with E-state index in [1.165, 1.54) is 0 Å². The third kappa shape index (κ3) is 1.68. The van der Waals surface area contributed by atoms with Gasteiger partial charge < -0.3 is 4.74 Å². The van der Waals surface area contributed by atoms with E-state index in [1.54, 1.807) is 18.4 Å². The smallest absolute Gasteiger partial charge is 0.129 e. The van der Waals surface area contributed by atoms with Crippen molar-refractivity contribution in [2.75, 3.05) is 7.11 Å². The molecule has 1 heterocycles. The summed E-state index contributed by atoms with van der Waals surface area (Å²) in [7, 11) is 1.66. The van der Waals surface area contributed by atoms with Crippen LogP contribution in [0.4, 0.5) is 0 Å². The van der Waals surface area contributed by atoms with Gasteiger partial charge in [-0.1, -0.05) is 12.1 Å². The zero-order chi connectivity index (χ0) is 12.6. The molecule has 1 aromatic carbocycles. The van der Waals surface area contributed by atoms with Gasteiger partial charge in [0.2, 0.25) is 0 Å². The molecule has 1 saturated carbocycles. The lowest BCUT2D eigenvalue weighted by Crippen LogP contribution is -2.02. The van der Waals surface area contributed by atoms with Crippen LogP contribution in [0.15, 0.2) is 29.6 Å². The molecule has 0 unspecified atom stereocenters. The molecule has 0 saturated heterocycles. The van der Waals surface area contributed by atoms with Gasteiger partial charge in [0.15, 0.2) is 0 Å². The summed E-state index contributed by atoms with van der Waals surface area (Å²) >= 11 is 1.57. The van der Waals surface area contributed by atoms with Gasteiger partial charge in [-0.2, -0.15) is 5.26 Å². The summed E-state index contributed by atoms with van der Waals surface area (Å²) in [5.41, 5.74) is 1.59. The van der Waals surface area contributed by atoms with Gasteiger partial charge in [-0.15, -0.1) is 11.3 Å². The monoisotopic (exact) mass is 256 g/mol. The summed E-state index contributed by atoms with van der Waals surface area (Å²) in [5, 5.41) is 12.1. The lowest BCUT2D eigenvalue weighted by atomic mass is 10.1. The molecular formula is C14H12N2OS. The summed E-state index contributed by atoms with van der Waals surface area (Å²) in [6, 6.07) is 10.2. The van der Waals surface area contributed by atoms with Gasteiger partial charge >= 0.3 is 0 Å². The van der Waals surface area contributed by atoms with Crippen molar-refractivity contribution in [1.29, 1.82) is 5.26 Å². The second kappa shape index (κ2) is 4.11. The molecule has 18 heavy (non-hydrogen) atoms. The minimum absolute atomic E-state index is 0.309. The first kappa shape index (κ1) is 11.2. The van der Waals surface area contributed by atoms with E-state index in [0.717, 1.165) is 34.9 Å². The number of para-hydroxylation sites is 1. The van der Waals surface area contributed by atoms with E-state index in [0.29, 0.717) is 0 Å². The standard InChI is InChI=1S/C14H12N2OS/c1-17-11-5-3-2-4-10(11)13-16-12(8-18-13)14(9-15)6-7-14/h2-5,8H,6-7H2,1H3. The van der Waals surface area contributed by atoms with E-state index in [2.05, 4.69) is 11.1 Å². The molecule has 1 aliphatic carbocycles. The van der Waals surface area contributed by atoms with Crippen molar-refractivity contribution in [3.63, 3.8) is 0 Å². The number of hydrogen-bond acceptors (Lipinski definition) is 4. The fourth-order valence-electron chi connectivity index (χ4n) is 1.99. The van der Waals surface area contributed by atoms with Crippen molar-refractivity contribution >= 4 is 11.3 Å². The van der Waals surface area contributed by atoms with Gasteiger partial charge in [0.1, 0.15) is 16.2 Å². The molecule has 0 amide bonds. The van der Waals surface area contributed by atoms with Gasteiger partial charge in [-0.25, -0.2) is 4.98 Å². The molecule has 90 valence electrons. The van der Waals surface area contributed by atoms with E-state index in [1.807, 2.05) is 29.6 Å². The Morgan fingerprint density at radius 2 is 2.17 bits per heavy atom. The predicted octanol–water partition coefficient (Wildman–Crippen LogP) is 3.37. The molecule has 3 rings (SSSR count). The highest BCUT2D eigenvalue weighted by Crippen LogP contribution is 2.48. The van der Waals surface area contributed by atoms with E-state index < -0.39 is 0 Å². The predicted molar refractivity (Wildman–Crippen MR) is 70.6 cm³/mol. The Hall–Kier alpha value is -1.86. The summed E-state index contributed by atoms with van der Waals surface area (Å²) in [4.78, 5) is 4.61. The lowest BCUT2D eigenvalue weighted by molar-refractivity contribution is 0.416. The van der Waals surface area contributed by atoms with Crippen molar-refractivity contribution < 1.29 is 4.74 Å². The Kier molecular flexibility index (Phi) is 2.57. The number of thiazole rings is 1. The number of nitrogens with zero attached hydrogens (tertiary/aromatic N) is 2. The number of rotatable bonds is 3. The third-order valence-electron chi connectivity index (χ3n) is 3.30. The van der Waals surface area contributed by atoms with Crippen molar-refractivity contribution in [3.05, 3.63) is 35.3 Å². The van der Waals surface area contributed by atoms with Crippen LogP contribution in [0.5, 0.6) is 5.75 Å². The van der Waals surface area contributed by atoms with Crippen LogP contribution in [0.25, 0.3) is 10.6 Å². The first-order valence-electron chi connectivity index (χ1n) is 5.80. The fourth-order valence-corrected chi connectivity index (χ4v) is 2.94. The van der Waals surface area contributed by atoms with Crippen LogP contribution in [0.1, 0.15) is 18.5 Å². The van der Waals surface area contributed by atoms with Crippen LogP contribution in [0.3, 0.4) is 0 Å². The maximum absolute atomic E-state index is 9.18. The quantitative estimate of drug-likeness (QED) is 0.845. The molecule has 1 aromatic heterocycles. The highest BCUT2D eigenvalue weighted by Gasteiger charge is 2.47. The second-order valence-corrected chi connectivity index (χ2v) is 5.29. The van der Waals surface area contributed by atoms with E-state index in [-0.39, 0.29) is 5.41 Å². The Morgan fingerprint density at radius 1 is 1.39 bits per heavy atom. The minimum Gasteiger partial charge on any atom is -0.496 e. The molecular weight excluding hydrogens is 244 g/mol. The van der Waals surface area contributed by atoms with E-state index in [4.69, 9.17) is 4.74 Å². The maximum Gasteiger partial charge on any atom is 0.129 e. The van der Waals surface area contributed by atoms with E-state index in [9.17, 15) is 5.26 Å². The Bertz CT molecular complexity index is 623. The normalized spacial score (nSPS) is 16.0. The molecule has 0 spiro atoms. The lowest BCUT2D eigenvalue weighted by Gasteiger charge is -2.05. The van der Waals surface area contributed by atoms with Gasteiger partial charge in [-0.3, -0.25) is 0 Å². The van der Waals surface area contributed by atoms with Gasteiger partial charge in [-0.05, 0) is 25.0 Å². The Labute approximate surface area is 110 Å². The molecule has 0 N–H and O–H groups in total. The average Bonchev–Trinajstić information content (AvgIpc) is 3.08. The largest absolute Gasteiger partial charge is 0.496 e. The molecule has 1 aliphatic rings. The van der Waals surface area contributed by atoms with Crippen LogP contribution in [0, 0.1) is 11.3 Å². The summed E-state index contributed by atoms with van der Waals surface area (Å²) in [5.74, 6) is 0.820. The topological polar surface area (TPSA) is 45.9 Å². The van der Waals surface area contributed by atoms with Gasteiger partial charge in [0.25, 0.3) is 0 Å². The maximum atomic E-state index is 9.18. The highest BCUT2D eigenvalue weighted by atomic mass is 32.1. The number of ether oxygens (including phenoxy) is 1. The summed E-state index contributed by atoms with van der Waals surface area (Å²) in [6.07, 6.45) is 1.86. The number of nitriles is 1. The van der Waals surface area contributed by atoms with Crippen LogP contribution in [-0.2, 0) is 5.41 Å². The molecule has 0 bridgehead atoms. The SMILES string of the molecule is COc1ccccc1-c1nc(C2(C#N)CC2)cs1. The number of aromatic nitrogens is 1. The Morgan fingerprint density at radius 3 is 2.83 bits per heavy atom. The van der Waals surface area contributed by atoms with Crippen LogP contribution in [-0.4, -0.2) is 12.1 Å². The molecule has 0 atom stereocenters. The Balaban J connectivity index is 2.01. The number of benzene rings is 1. The first-order chi connectivity index (χ1) is 8.79. The van der Waals surface area contributed by atoms with Crippen LogP contribution < -0.4 is 4.74 Å². The molecule has 3 nitrogen and oxygen atoms in total. The van der Waals surface area contributed by atoms with Crippen molar-refractivity contribution in [3.8, 4) is 22.4 Å². The molecule has 0 aliphatic heterocycles. The fraction of sp³-hybridized carbons (Fsp3) is 0.286. The van der Waals surface area contributed by atoms with Crippen molar-refractivity contribution in [2.45, 2.75) is 18.3 Å². The zero-order valence-corrected chi connectivity index (χ0v) is 10.8. The third-order valence-corrected chi connectivity index (χ3v) is 4.17. The summed E-state index contributed by atoms with van der Waals surface area (Å²) < 4.78 is 5.34. The number of methoxy groups -OCH3 is 1. The highest BCUT2D eigenvalue weighted by molar-refractivity contribution is 7.13. The van der Waals surface area contributed by atoms with Gasteiger partial charge in [0.05, 0.1) is 24.4 Å². The molecule has 2 aromatic rings. The number of hydrogen-bond donors (Lipinski definition) is 0. The molecule has 1 fully saturated rings. The van der Waals surface area contributed by atoms with Crippen LogP contribution in [0.2, 0.25) is 0 Å². The van der Waals surface area contributed by atoms with Gasteiger partial charge in [0, 0.05) is 5.38 Å². The molecule has 0 radical (unpaired) electrons.